The summed E-state index contributed by atoms with van der Waals surface area (Å²) in [6.07, 6.45) is 2.80. The van der Waals surface area contributed by atoms with Gasteiger partial charge in [0, 0.05) is 18.8 Å². The summed E-state index contributed by atoms with van der Waals surface area (Å²) in [5.41, 5.74) is 0. The van der Waals surface area contributed by atoms with Gasteiger partial charge in [-0.15, -0.1) is 0 Å². The lowest BCUT2D eigenvalue weighted by molar-refractivity contribution is 0.408. The summed E-state index contributed by atoms with van der Waals surface area (Å²) in [6, 6.07) is 0.441. The van der Waals surface area contributed by atoms with Crippen molar-refractivity contribution in [3.05, 3.63) is 0 Å². The lowest BCUT2D eigenvalue weighted by atomic mass is 10.3. The van der Waals surface area contributed by atoms with E-state index in [2.05, 4.69) is 16.7 Å². The molecule has 1 fully saturated rings. The summed E-state index contributed by atoms with van der Waals surface area (Å²) in [7, 11) is 1.24. The molecule has 0 amide bonds. The zero-order valence-electron chi connectivity index (χ0n) is 6.46. The Morgan fingerprint density at radius 3 is 2.80 bits per heavy atom. The van der Waals surface area contributed by atoms with E-state index in [1.807, 2.05) is 0 Å². The van der Waals surface area contributed by atoms with E-state index in [4.69, 9.17) is 0 Å². The van der Waals surface area contributed by atoms with E-state index in [9.17, 15) is 4.21 Å². The largest absolute Gasteiger partial charge is 0.305 e. The van der Waals surface area contributed by atoms with Gasteiger partial charge in [-0.25, -0.2) is 8.93 Å². The Labute approximate surface area is 64.4 Å². The highest BCUT2D eigenvalue weighted by Crippen LogP contribution is 2.05. The normalized spacial score (nSPS) is 30.8. The zero-order chi connectivity index (χ0) is 7.56. The monoisotopic (exact) mass is 162 g/mol. The number of likely N-dealkylation sites (tertiary alicyclic amines) is 1. The number of hydrogen-bond donors (Lipinski definition) is 1. The average Bonchev–Trinajstić information content (AvgIpc) is 2.13. The molecular formula is C6H14N2OS. The molecule has 2 atom stereocenters. The molecule has 0 aliphatic carbocycles. The Kier molecular flexibility index (Phi) is 2.82. The maximum absolute atomic E-state index is 10.7. The molecule has 1 heterocycles. The highest BCUT2D eigenvalue weighted by atomic mass is 32.2. The Balaban J connectivity index is 2.24. The summed E-state index contributed by atoms with van der Waals surface area (Å²) in [6.45, 7) is 2.15. The van der Waals surface area contributed by atoms with Crippen molar-refractivity contribution < 1.29 is 4.21 Å². The van der Waals surface area contributed by atoms with Crippen LogP contribution in [0.5, 0.6) is 0 Å². The van der Waals surface area contributed by atoms with Gasteiger partial charge in [0.25, 0.3) is 0 Å². The Morgan fingerprint density at radius 2 is 2.40 bits per heavy atom. The summed E-state index contributed by atoms with van der Waals surface area (Å²) in [5.74, 6) is 0. The lowest BCUT2D eigenvalue weighted by Gasteiger charge is -2.09. The average molecular weight is 162 g/mol. The molecule has 1 saturated heterocycles. The molecule has 1 aliphatic heterocycles. The van der Waals surface area contributed by atoms with Gasteiger partial charge < -0.3 is 4.90 Å². The van der Waals surface area contributed by atoms with Crippen molar-refractivity contribution in [3.63, 3.8) is 0 Å². The summed E-state index contributed by atoms with van der Waals surface area (Å²) in [5, 5.41) is 0. The molecule has 1 aliphatic rings. The van der Waals surface area contributed by atoms with E-state index < -0.39 is 11.0 Å². The third kappa shape index (κ3) is 2.36. The van der Waals surface area contributed by atoms with Crippen LogP contribution < -0.4 is 4.72 Å². The standard InChI is InChI=1S/C6H14N2OS/c1-8-4-3-6(5-8)7-10(2)9/h6-7H,3-5H2,1-2H3/t6-,10?/m1/s1. The fraction of sp³-hybridized carbons (Fsp3) is 1.00. The van der Waals surface area contributed by atoms with E-state index in [1.54, 1.807) is 6.26 Å². The fourth-order valence-electron chi connectivity index (χ4n) is 1.27. The number of nitrogens with zero attached hydrogens (tertiary/aromatic N) is 1. The second-order valence-corrected chi connectivity index (χ2v) is 3.96. The zero-order valence-corrected chi connectivity index (χ0v) is 7.28. The van der Waals surface area contributed by atoms with Crippen LogP contribution in [-0.2, 0) is 11.0 Å². The number of likely N-dealkylation sites (N-methyl/N-ethyl adjacent to an activating group) is 1. The SMILES string of the molecule is CN1CC[C@@H](NS(C)=O)C1. The maximum Gasteiger partial charge on any atom is 0.0886 e. The van der Waals surface area contributed by atoms with Crippen LogP contribution >= 0.6 is 0 Å². The third-order valence-electron chi connectivity index (χ3n) is 1.72. The molecule has 60 valence electrons. The number of nitrogens with one attached hydrogen (secondary N) is 1. The van der Waals surface area contributed by atoms with Gasteiger partial charge in [0.2, 0.25) is 0 Å². The molecule has 0 spiro atoms. The van der Waals surface area contributed by atoms with Crippen LogP contribution in [0.3, 0.4) is 0 Å². The van der Waals surface area contributed by atoms with Crippen LogP contribution in [0.25, 0.3) is 0 Å². The first kappa shape index (κ1) is 8.17. The minimum absolute atomic E-state index is 0.441. The van der Waals surface area contributed by atoms with Crippen LogP contribution in [0.4, 0.5) is 0 Å². The van der Waals surface area contributed by atoms with Crippen molar-refractivity contribution in [2.45, 2.75) is 12.5 Å². The van der Waals surface area contributed by atoms with Gasteiger partial charge in [-0.1, -0.05) is 0 Å². The van der Waals surface area contributed by atoms with Gasteiger partial charge >= 0.3 is 0 Å². The van der Waals surface area contributed by atoms with E-state index in [-0.39, 0.29) is 0 Å². The topological polar surface area (TPSA) is 32.3 Å². The molecule has 0 aromatic rings. The molecule has 1 unspecified atom stereocenters. The van der Waals surface area contributed by atoms with Crippen LogP contribution in [0.1, 0.15) is 6.42 Å². The molecule has 10 heavy (non-hydrogen) atoms. The summed E-state index contributed by atoms with van der Waals surface area (Å²) < 4.78 is 13.7. The summed E-state index contributed by atoms with van der Waals surface area (Å²) >= 11 is 0. The molecule has 0 radical (unpaired) electrons. The van der Waals surface area contributed by atoms with Gasteiger partial charge in [-0.05, 0) is 20.0 Å². The van der Waals surface area contributed by atoms with Crippen LogP contribution in [0.15, 0.2) is 0 Å². The molecule has 0 bridgehead atoms. The maximum atomic E-state index is 10.7. The predicted octanol–water partition coefficient (Wildman–Crippen LogP) is -0.426. The van der Waals surface area contributed by atoms with Gasteiger partial charge in [-0.2, -0.15) is 0 Å². The molecule has 0 aromatic heterocycles. The number of hydrogen-bond acceptors (Lipinski definition) is 2. The second-order valence-electron chi connectivity index (χ2n) is 2.82. The highest BCUT2D eigenvalue weighted by Gasteiger charge is 2.19. The van der Waals surface area contributed by atoms with Crippen molar-refractivity contribution in [1.29, 1.82) is 0 Å². The Hall–Kier alpha value is 0.0700. The minimum atomic E-state index is -0.847. The first-order chi connectivity index (χ1) is 4.68. The lowest BCUT2D eigenvalue weighted by Crippen LogP contribution is -2.32. The van der Waals surface area contributed by atoms with Gasteiger partial charge in [0.15, 0.2) is 0 Å². The van der Waals surface area contributed by atoms with Crippen LogP contribution in [-0.4, -0.2) is 41.5 Å². The van der Waals surface area contributed by atoms with Gasteiger partial charge in [0.05, 0.1) is 11.0 Å². The van der Waals surface area contributed by atoms with Crippen LogP contribution in [0.2, 0.25) is 0 Å². The third-order valence-corrected chi connectivity index (χ3v) is 2.39. The smallest absolute Gasteiger partial charge is 0.0886 e. The van der Waals surface area contributed by atoms with E-state index in [0.29, 0.717) is 6.04 Å². The van der Waals surface area contributed by atoms with Crippen LogP contribution in [0, 0.1) is 0 Å². The van der Waals surface area contributed by atoms with Crippen molar-refractivity contribution in [3.8, 4) is 0 Å². The van der Waals surface area contributed by atoms with Crippen molar-refractivity contribution >= 4 is 11.0 Å². The van der Waals surface area contributed by atoms with Crippen molar-refractivity contribution in [1.82, 2.24) is 9.62 Å². The molecule has 1 rings (SSSR count). The molecule has 4 heteroatoms. The molecule has 3 nitrogen and oxygen atoms in total. The van der Waals surface area contributed by atoms with E-state index in [1.165, 1.54) is 0 Å². The highest BCUT2D eigenvalue weighted by molar-refractivity contribution is 7.82. The first-order valence-electron chi connectivity index (χ1n) is 3.46. The van der Waals surface area contributed by atoms with E-state index in [0.717, 1.165) is 19.5 Å². The fourth-order valence-corrected chi connectivity index (χ4v) is 1.93. The first-order valence-corrected chi connectivity index (χ1v) is 5.02. The molecule has 0 saturated carbocycles. The predicted molar refractivity (Wildman–Crippen MR) is 43.1 cm³/mol. The Morgan fingerprint density at radius 1 is 1.70 bits per heavy atom. The molecular weight excluding hydrogens is 148 g/mol. The van der Waals surface area contributed by atoms with Gasteiger partial charge in [-0.3, -0.25) is 0 Å². The Bertz CT molecular complexity index is 140. The van der Waals surface area contributed by atoms with Gasteiger partial charge in [0.1, 0.15) is 0 Å². The van der Waals surface area contributed by atoms with Crippen molar-refractivity contribution in [2.24, 2.45) is 0 Å². The van der Waals surface area contributed by atoms with Crippen molar-refractivity contribution in [2.75, 3.05) is 26.4 Å². The summed E-state index contributed by atoms with van der Waals surface area (Å²) in [4.78, 5) is 2.24. The molecule has 1 N–H and O–H groups in total. The quantitative estimate of drug-likeness (QED) is 0.598. The molecule has 0 aromatic carbocycles. The second kappa shape index (κ2) is 3.46. The minimum Gasteiger partial charge on any atom is -0.305 e. The number of rotatable bonds is 2. The van der Waals surface area contributed by atoms with E-state index >= 15 is 0 Å².